The highest BCUT2D eigenvalue weighted by molar-refractivity contribution is 7.99. The van der Waals surface area contributed by atoms with E-state index in [0.29, 0.717) is 33.9 Å². The maximum absolute atomic E-state index is 14.4. The van der Waals surface area contributed by atoms with Crippen molar-refractivity contribution in [1.29, 1.82) is 0 Å². The van der Waals surface area contributed by atoms with Crippen LogP contribution in [0, 0.1) is 11.7 Å². The number of nitrogens with one attached hydrogen (secondary N) is 2. The van der Waals surface area contributed by atoms with Crippen LogP contribution in [0.2, 0.25) is 0 Å². The minimum Gasteiger partial charge on any atom is -0.393 e. The number of H-pyrrole nitrogens is 1. The summed E-state index contributed by atoms with van der Waals surface area (Å²) in [4.78, 5) is 19.5. The van der Waals surface area contributed by atoms with Crippen molar-refractivity contribution in [2.45, 2.75) is 55.6 Å². The van der Waals surface area contributed by atoms with E-state index in [1.165, 1.54) is 18.9 Å². The van der Waals surface area contributed by atoms with Crippen molar-refractivity contribution in [3.05, 3.63) is 34.1 Å². The molecule has 3 N–H and O–H groups in total. The summed E-state index contributed by atoms with van der Waals surface area (Å²) in [6, 6.07) is 3.14. The van der Waals surface area contributed by atoms with Crippen molar-refractivity contribution in [3.63, 3.8) is 0 Å². The standard InChI is InChI=1S/C19H24FN3O2S/c20-15-7-12(21-9-11-1-2-11)8-16-18(15)19(25)23-17(22-16)10-26-14-5-3-13(24)4-6-14/h7-8,11,13-14,21,24H,1-6,9-10H2,(H,22,23,25). The first-order chi connectivity index (χ1) is 12.6. The molecule has 0 spiro atoms. The number of hydrogen-bond acceptors (Lipinski definition) is 5. The zero-order chi connectivity index (χ0) is 18.1. The van der Waals surface area contributed by atoms with Gasteiger partial charge in [0.05, 0.1) is 17.4 Å². The van der Waals surface area contributed by atoms with Crippen LogP contribution in [0.4, 0.5) is 10.1 Å². The van der Waals surface area contributed by atoms with Crippen molar-refractivity contribution < 1.29 is 9.50 Å². The van der Waals surface area contributed by atoms with E-state index < -0.39 is 11.4 Å². The van der Waals surface area contributed by atoms with Crippen LogP contribution < -0.4 is 10.9 Å². The van der Waals surface area contributed by atoms with Gasteiger partial charge in [-0.25, -0.2) is 9.37 Å². The van der Waals surface area contributed by atoms with E-state index in [0.717, 1.165) is 32.2 Å². The molecule has 0 unspecified atom stereocenters. The monoisotopic (exact) mass is 377 g/mol. The number of aliphatic hydroxyl groups excluding tert-OH is 1. The van der Waals surface area contributed by atoms with Crippen LogP contribution in [-0.4, -0.2) is 33.0 Å². The molecule has 2 aliphatic rings. The second kappa shape index (κ2) is 7.56. The Kier molecular flexibility index (Phi) is 5.18. The molecule has 2 saturated carbocycles. The van der Waals surface area contributed by atoms with Gasteiger partial charge >= 0.3 is 0 Å². The third kappa shape index (κ3) is 4.20. The first-order valence-corrected chi connectivity index (χ1v) is 10.4. The highest BCUT2D eigenvalue weighted by atomic mass is 32.2. The number of benzene rings is 1. The van der Waals surface area contributed by atoms with E-state index in [4.69, 9.17) is 0 Å². The lowest BCUT2D eigenvalue weighted by Gasteiger charge is -2.24. The van der Waals surface area contributed by atoms with Crippen molar-refractivity contribution in [3.8, 4) is 0 Å². The van der Waals surface area contributed by atoms with E-state index in [-0.39, 0.29) is 11.5 Å². The van der Waals surface area contributed by atoms with Crippen LogP contribution in [0.15, 0.2) is 16.9 Å². The van der Waals surface area contributed by atoms with Gasteiger partial charge in [-0.2, -0.15) is 11.8 Å². The van der Waals surface area contributed by atoms with Gasteiger partial charge < -0.3 is 15.4 Å². The Balaban J connectivity index is 1.50. The molecule has 0 bridgehead atoms. The molecule has 140 valence electrons. The molecule has 4 rings (SSSR count). The lowest BCUT2D eigenvalue weighted by atomic mass is 9.97. The van der Waals surface area contributed by atoms with E-state index in [1.54, 1.807) is 17.8 Å². The van der Waals surface area contributed by atoms with Gasteiger partial charge in [0.15, 0.2) is 0 Å². The molecule has 1 heterocycles. The second-order valence-corrected chi connectivity index (χ2v) is 8.72. The molecule has 0 aliphatic heterocycles. The van der Waals surface area contributed by atoms with Crippen molar-refractivity contribution in [1.82, 2.24) is 9.97 Å². The Morgan fingerprint density at radius 3 is 2.73 bits per heavy atom. The fourth-order valence-electron chi connectivity index (χ4n) is 3.44. The van der Waals surface area contributed by atoms with Gasteiger partial charge in [-0.3, -0.25) is 4.79 Å². The van der Waals surface area contributed by atoms with Crippen LogP contribution in [0.1, 0.15) is 44.3 Å². The smallest absolute Gasteiger partial charge is 0.261 e. The number of nitrogens with zero attached hydrogens (tertiary/aromatic N) is 1. The van der Waals surface area contributed by atoms with Gasteiger partial charge in [-0.05, 0) is 56.6 Å². The van der Waals surface area contributed by atoms with Crippen molar-refractivity contribution >= 4 is 28.4 Å². The molecule has 2 fully saturated rings. The lowest BCUT2D eigenvalue weighted by molar-refractivity contribution is 0.132. The minimum atomic E-state index is -0.532. The summed E-state index contributed by atoms with van der Waals surface area (Å²) >= 11 is 1.75. The topological polar surface area (TPSA) is 78.0 Å². The normalized spacial score (nSPS) is 23.3. The molecule has 26 heavy (non-hydrogen) atoms. The molecule has 1 aromatic carbocycles. The molecule has 0 radical (unpaired) electrons. The summed E-state index contributed by atoms with van der Waals surface area (Å²) in [5, 5.41) is 13.3. The zero-order valence-electron chi connectivity index (χ0n) is 14.6. The number of anilines is 1. The maximum atomic E-state index is 14.4. The summed E-state index contributed by atoms with van der Waals surface area (Å²) in [7, 11) is 0. The third-order valence-electron chi connectivity index (χ3n) is 5.20. The van der Waals surface area contributed by atoms with E-state index in [9.17, 15) is 14.3 Å². The molecule has 0 saturated heterocycles. The Bertz CT molecular complexity index is 845. The van der Waals surface area contributed by atoms with Gasteiger partial charge in [-0.1, -0.05) is 0 Å². The van der Waals surface area contributed by atoms with Gasteiger partial charge in [0.1, 0.15) is 17.0 Å². The molecule has 0 atom stereocenters. The van der Waals surface area contributed by atoms with E-state index in [2.05, 4.69) is 15.3 Å². The first kappa shape index (κ1) is 17.8. The molecule has 7 heteroatoms. The number of aliphatic hydroxyl groups is 1. The third-order valence-corrected chi connectivity index (χ3v) is 6.58. The zero-order valence-corrected chi connectivity index (χ0v) is 15.4. The van der Waals surface area contributed by atoms with Crippen LogP contribution in [0.25, 0.3) is 10.9 Å². The average Bonchev–Trinajstić information content (AvgIpc) is 3.43. The summed E-state index contributed by atoms with van der Waals surface area (Å²) in [5.74, 6) is 1.32. The van der Waals surface area contributed by atoms with E-state index in [1.807, 2.05) is 0 Å². The predicted octanol–water partition coefficient (Wildman–Crippen LogP) is 3.42. The number of aromatic nitrogens is 2. The predicted molar refractivity (Wildman–Crippen MR) is 103 cm³/mol. The highest BCUT2D eigenvalue weighted by Crippen LogP contribution is 2.31. The van der Waals surface area contributed by atoms with Crippen LogP contribution >= 0.6 is 11.8 Å². The molecule has 5 nitrogen and oxygen atoms in total. The van der Waals surface area contributed by atoms with Crippen molar-refractivity contribution in [2.75, 3.05) is 11.9 Å². The molecule has 2 aromatic rings. The summed E-state index contributed by atoms with van der Waals surface area (Å²) in [6.45, 7) is 0.838. The van der Waals surface area contributed by atoms with Gasteiger partial charge in [0, 0.05) is 17.5 Å². The Hall–Kier alpha value is -1.60. The molecule has 1 aromatic heterocycles. The second-order valence-electron chi connectivity index (χ2n) is 7.43. The molecule has 2 aliphatic carbocycles. The fraction of sp³-hybridized carbons (Fsp3) is 0.579. The number of hydrogen-bond donors (Lipinski definition) is 3. The SMILES string of the molecule is O=c1[nH]c(CSC2CCC(O)CC2)nc2cc(NCC3CC3)cc(F)c12. The summed E-state index contributed by atoms with van der Waals surface area (Å²) in [6.07, 6.45) is 5.90. The summed E-state index contributed by atoms with van der Waals surface area (Å²) < 4.78 is 14.4. The summed E-state index contributed by atoms with van der Waals surface area (Å²) in [5.41, 5.74) is 0.664. The number of rotatable bonds is 6. The quantitative estimate of drug-likeness (QED) is 0.719. The molecular formula is C19H24FN3O2S. The van der Waals surface area contributed by atoms with Crippen molar-refractivity contribution in [2.24, 2.45) is 5.92 Å². The average molecular weight is 377 g/mol. The number of fused-ring (bicyclic) bond motifs is 1. The number of thioether (sulfide) groups is 1. The van der Waals surface area contributed by atoms with Gasteiger partial charge in [-0.15, -0.1) is 0 Å². The Labute approximate surface area is 155 Å². The molecule has 0 amide bonds. The van der Waals surface area contributed by atoms with Crippen LogP contribution in [-0.2, 0) is 5.75 Å². The Morgan fingerprint density at radius 1 is 1.23 bits per heavy atom. The van der Waals surface area contributed by atoms with Crippen LogP contribution in [0.3, 0.4) is 0 Å². The number of halogens is 1. The lowest BCUT2D eigenvalue weighted by Crippen LogP contribution is -2.20. The highest BCUT2D eigenvalue weighted by Gasteiger charge is 2.22. The van der Waals surface area contributed by atoms with Crippen LogP contribution in [0.5, 0.6) is 0 Å². The Morgan fingerprint density at radius 2 is 2.00 bits per heavy atom. The number of aromatic amines is 1. The van der Waals surface area contributed by atoms with E-state index >= 15 is 0 Å². The minimum absolute atomic E-state index is 0.0245. The molecular weight excluding hydrogens is 353 g/mol. The van der Waals surface area contributed by atoms with Gasteiger partial charge in [0.2, 0.25) is 0 Å². The fourth-order valence-corrected chi connectivity index (χ4v) is 4.57. The largest absolute Gasteiger partial charge is 0.393 e. The maximum Gasteiger partial charge on any atom is 0.261 e. The van der Waals surface area contributed by atoms with Gasteiger partial charge in [0.25, 0.3) is 5.56 Å². The first-order valence-electron chi connectivity index (χ1n) is 9.34.